The van der Waals surface area contributed by atoms with Crippen LogP contribution in [0.3, 0.4) is 0 Å². The number of likely N-dealkylation sites (N-methyl/N-ethyl adjacent to an activating group) is 1. The molecule has 2 rings (SSSR count). The van der Waals surface area contributed by atoms with Crippen molar-refractivity contribution in [3.8, 4) is 0 Å². The number of halogens is 2. The minimum Gasteiger partial charge on any atom is -0.313 e. The van der Waals surface area contributed by atoms with Gasteiger partial charge >= 0.3 is 0 Å². The molecule has 0 aliphatic carbocycles. The summed E-state index contributed by atoms with van der Waals surface area (Å²) < 4.78 is 2.34. The van der Waals surface area contributed by atoms with Crippen LogP contribution in [0.25, 0.3) is 0 Å². The average Bonchev–Trinajstić information content (AvgIpc) is 2.75. The Kier molecular flexibility index (Phi) is 5.01. The van der Waals surface area contributed by atoms with E-state index < -0.39 is 0 Å². The van der Waals surface area contributed by atoms with E-state index in [1.165, 1.54) is 20.5 Å². The summed E-state index contributed by atoms with van der Waals surface area (Å²) in [4.78, 5) is 1.38. The molecular weight excluding hydrogens is 374 g/mol. The highest BCUT2D eigenvalue weighted by atomic mass is 79.9. The zero-order valence-corrected chi connectivity index (χ0v) is 14.3. The van der Waals surface area contributed by atoms with Gasteiger partial charge in [0.05, 0.1) is 0 Å². The van der Waals surface area contributed by atoms with E-state index in [0.717, 1.165) is 10.9 Å². The molecule has 1 unspecified atom stereocenters. The smallest absolute Gasteiger partial charge is 0.0369 e. The van der Waals surface area contributed by atoms with Crippen LogP contribution in [0, 0.1) is 6.92 Å². The maximum absolute atomic E-state index is 3.60. The minimum absolute atomic E-state index is 0.345. The first-order chi connectivity index (χ1) is 8.61. The summed E-state index contributed by atoms with van der Waals surface area (Å²) in [6.45, 7) is 2.16. The van der Waals surface area contributed by atoms with Gasteiger partial charge in [0, 0.05) is 26.3 Å². The summed E-state index contributed by atoms with van der Waals surface area (Å²) in [7, 11) is 2.02. The fourth-order valence-corrected chi connectivity index (χ4v) is 3.95. The second-order valence-corrected chi connectivity index (χ2v) is 7.01. The third-order valence-electron chi connectivity index (χ3n) is 3.05. The number of aryl methyl sites for hydroxylation is 1. The minimum atomic E-state index is 0.345. The molecule has 1 nitrogen and oxygen atoms in total. The van der Waals surface area contributed by atoms with Crippen molar-refractivity contribution in [2.45, 2.75) is 19.4 Å². The molecule has 1 heterocycles. The van der Waals surface area contributed by atoms with Gasteiger partial charge in [-0.25, -0.2) is 0 Å². The Labute approximate surface area is 129 Å². The highest BCUT2D eigenvalue weighted by molar-refractivity contribution is 9.10. The Morgan fingerprint density at radius 1 is 1.28 bits per heavy atom. The van der Waals surface area contributed by atoms with E-state index in [2.05, 4.69) is 73.7 Å². The van der Waals surface area contributed by atoms with Crippen molar-refractivity contribution in [1.82, 2.24) is 5.32 Å². The topological polar surface area (TPSA) is 12.0 Å². The van der Waals surface area contributed by atoms with Gasteiger partial charge < -0.3 is 5.32 Å². The molecule has 1 aromatic carbocycles. The lowest BCUT2D eigenvalue weighted by Gasteiger charge is -2.19. The van der Waals surface area contributed by atoms with Gasteiger partial charge in [-0.3, -0.25) is 0 Å². The molecule has 0 radical (unpaired) electrons. The normalized spacial score (nSPS) is 12.7. The third-order valence-corrected chi connectivity index (χ3v) is 5.49. The molecule has 18 heavy (non-hydrogen) atoms. The van der Waals surface area contributed by atoms with Crippen molar-refractivity contribution in [1.29, 1.82) is 0 Å². The zero-order valence-electron chi connectivity index (χ0n) is 10.3. The number of thiophene rings is 1. The van der Waals surface area contributed by atoms with Gasteiger partial charge in [0.2, 0.25) is 0 Å². The van der Waals surface area contributed by atoms with Crippen molar-refractivity contribution >= 4 is 43.2 Å². The summed E-state index contributed by atoms with van der Waals surface area (Å²) in [5, 5.41) is 5.54. The fraction of sp³-hybridized carbons (Fsp3) is 0.286. The second-order valence-electron chi connectivity index (χ2n) is 4.24. The Morgan fingerprint density at radius 2 is 2.06 bits per heavy atom. The van der Waals surface area contributed by atoms with Crippen molar-refractivity contribution in [3.63, 3.8) is 0 Å². The fourth-order valence-electron chi connectivity index (χ4n) is 2.01. The van der Waals surface area contributed by atoms with Gasteiger partial charge in [0.1, 0.15) is 0 Å². The molecule has 0 amide bonds. The van der Waals surface area contributed by atoms with Crippen LogP contribution in [0.2, 0.25) is 0 Å². The van der Waals surface area contributed by atoms with Crippen LogP contribution in [0.5, 0.6) is 0 Å². The maximum Gasteiger partial charge on any atom is 0.0369 e. The summed E-state index contributed by atoms with van der Waals surface area (Å²) in [6, 6.07) is 8.91. The van der Waals surface area contributed by atoms with Gasteiger partial charge in [-0.2, -0.15) is 0 Å². The molecule has 0 saturated heterocycles. The number of hydrogen-bond acceptors (Lipinski definition) is 2. The first-order valence-corrected chi connectivity index (χ1v) is 8.23. The van der Waals surface area contributed by atoms with Crippen LogP contribution in [0.15, 0.2) is 38.6 Å². The number of rotatable bonds is 4. The van der Waals surface area contributed by atoms with Gasteiger partial charge in [-0.15, -0.1) is 11.3 Å². The predicted molar refractivity (Wildman–Crippen MR) is 86.4 cm³/mol. The summed E-state index contributed by atoms with van der Waals surface area (Å²) in [5.74, 6) is 0. The molecule has 0 fully saturated rings. The number of nitrogens with one attached hydrogen (secondary N) is 1. The lowest BCUT2D eigenvalue weighted by molar-refractivity contribution is 0.592. The standard InChI is InChI=1S/C14H15Br2NS/c1-9-3-4-10(15)7-11(9)13(17-2)8-14-12(16)5-6-18-14/h3-7,13,17H,8H2,1-2H3. The number of hydrogen-bond donors (Lipinski definition) is 1. The summed E-state index contributed by atoms with van der Waals surface area (Å²) in [5.41, 5.74) is 2.68. The number of benzene rings is 1. The predicted octanol–water partition coefficient (Wildman–Crippen LogP) is 5.08. The zero-order chi connectivity index (χ0) is 13.1. The van der Waals surface area contributed by atoms with E-state index in [9.17, 15) is 0 Å². The molecule has 4 heteroatoms. The van der Waals surface area contributed by atoms with E-state index in [1.54, 1.807) is 11.3 Å². The van der Waals surface area contributed by atoms with Crippen molar-refractivity contribution in [2.24, 2.45) is 0 Å². The highest BCUT2D eigenvalue weighted by Crippen LogP contribution is 2.30. The van der Waals surface area contributed by atoms with E-state index in [4.69, 9.17) is 0 Å². The molecule has 1 aromatic heterocycles. The lowest BCUT2D eigenvalue weighted by atomic mass is 9.98. The molecular formula is C14H15Br2NS. The lowest BCUT2D eigenvalue weighted by Crippen LogP contribution is -2.19. The van der Waals surface area contributed by atoms with E-state index >= 15 is 0 Å². The van der Waals surface area contributed by atoms with Crippen LogP contribution in [0.4, 0.5) is 0 Å². The molecule has 96 valence electrons. The van der Waals surface area contributed by atoms with Crippen LogP contribution in [-0.4, -0.2) is 7.05 Å². The first-order valence-electron chi connectivity index (χ1n) is 5.77. The Balaban J connectivity index is 2.28. The van der Waals surface area contributed by atoms with E-state index in [1.807, 2.05) is 7.05 Å². The van der Waals surface area contributed by atoms with E-state index in [-0.39, 0.29) is 0 Å². The van der Waals surface area contributed by atoms with Gasteiger partial charge in [0.15, 0.2) is 0 Å². The van der Waals surface area contributed by atoms with Crippen molar-refractivity contribution in [3.05, 3.63) is 54.6 Å². The SMILES string of the molecule is CNC(Cc1sccc1Br)c1cc(Br)ccc1C. The van der Waals surface area contributed by atoms with Crippen molar-refractivity contribution < 1.29 is 0 Å². The van der Waals surface area contributed by atoms with Gasteiger partial charge in [0.25, 0.3) is 0 Å². The largest absolute Gasteiger partial charge is 0.313 e. The second kappa shape index (κ2) is 6.33. The molecule has 0 aliphatic heterocycles. The molecule has 0 aliphatic rings. The van der Waals surface area contributed by atoms with Crippen LogP contribution in [0.1, 0.15) is 22.0 Å². The Hall–Kier alpha value is -0.160. The van der Waals surface area contributed by atoms with Gasteiger partial charge in [-0.05, 0) is 64.6 Å². The third kappa shape index (κ3) is 3.23. The monoisotopic (exact) mass is 387 g/mol. The quantitative estimate of drug-likeness (QED) is 0.769. The molecule has 0 spiro atoms. The highest BCUT2D eigenvalue weighted by Gasteiger charge is 2.15. The molecule has 0 bridgehead atoms. The molecule has 1 atom stereocenters. The Bertz CT molecular complexity index is 536. The molecule has 2 aromatic rings. The first kappa shape index (κ1) is 14.3. The van der Waals surface area contributed by atoms with Crippen LogP contribution >= 0.6 is 43.2 Å². The summed E-state index contributed by atoms with van der Waals surface area (Å²) >= 11 is 8.95. The van der Waals surface area contributed by atoms with Crippen LogP contribution < -0.4 is 5.32 Å². The maximum atomic E-state index is 3.60. The van der Waals surface area contributed by atoms with E-state index in [0.29, 0.717) is 6.04 Å². The summed E-state index contributed by atoms with van der Waals surface area (Å²) in [6.07, 6.45) is 1.01. The van der Waals surface area contributed by atoms with Gasteiger partial charge in [-0.1, -0.05) is 22.0 Å². The van der Waals surface area contributed by atoms with Crippen molar-refractivity contribution in [2.75, 3.05) is 7.05 Å². The molecule has 0 saturated carbocycles. The Morgan fingerprint density at radius 3 is 2.67 bits per heavy atom. The van der Waals surface area contributed by atoms with Crippen LogP contribution in [-0.2, 0) is 6.42 Å². The average molecular weight is 389 g/mol. The molecule has 1 N–H and O–H groups in total.